The molecule has 1 atom stereocenters. The van der Waals surface area contributed by atoms with Crippen LogP contribution in [0.2, 0.25) is 0 Å². The molecule has 0 heterocycles. The van der Waals surface area contributed by atoms with Crippen LogP contribution in [-0.4, -0.2) is 32.1 Å². The minimum atomic E-state index is -0.136. The number of rotatable bonds is 13. The quantitative estimate of drug-likeness (QED) is 0.274. The Labute approximate surface area is 109 Å². The minimum Gasteiger partial charge on any atom is -0.377 e. The lowest BCUT2D eigenvalue weighted by Crippen LogP contribution is -1.96. The van der Waals surface area contributed by atoms with Crippen molar-refractivity contribution in [1.29, 1.82) is 0 Å². The summed E-state index contributed by atoms with van der Waals surface area (Å²) >= 11 is 0. The Morgan fingerprint density at radius 2 is 1.82 bits per heavy atom. The molecule has 0 fully saturated rings. The fourth-order valence-corrected chi connectivity index (χ4v) is 3.61. The highest BCUT2D eigenvalue weighted by molar-refractivity contribution is 7.52. The van der Waals surface area contributed by atoms with Crippen LogP contribution in [0.25, 0.3) is 0 Å². The second-order valence-electron chi connectivity index (χ2n) is 4.12. The third-order valence-corrected chi connectivity index (χ3v) is 4.85. The maximum Gasteiger partial charge on any atom is 0.0644 e. The molecule has 0 radical (unpaired) electrons. The molecule has 0 rings (SSSR count). The third kappa shape index (κ3) is 12.3. The largest absolute Gasteiger partial charge is 0.377 e. The first kappa shape index (κ1) is 17.1. The topological polar surface area (TPSA) is 18.5 Å². The van der Waals surface area contributed by atoms with E-state index in [4.69, 9.17) is 9.26 Å². The predicted molar refractivity (Wildman–Crippen MR) is 78.1 cm³/mol. The normalized spacial score (nSPS) is 12.6. The second-order valence-corrected chi connectivity index (χ2v) is 6.24. The van der Waals surface area contributed by atoms with E-state index in [1.54, 1.807) is 6.08 Å². The van der Waals surface area contributed by atoms with E-state index in [1.807, 2.05) is 0 Å². The summed E-state index contributed by atoms with van der Waals surface area (Å²) in [4.78, 5) is 0. The van der Waals surface area contributed by atoms with E-state index in [-0.39, 0.29) is 8.15 Å². The Hall–Kier alpha value is 0.0900. The molecule has 0 bridgehead atoms. The number of hydrogen-bond acceptors (Lipinski definition) is 2. The lowest BCUT2D eigenvalue weighted by Gasteiger charge is -2.15. The zero-order valence-electron chi connectivity index (χ0n) is 11.6. The summed E-state index contributed by atoms with van der Waals surface area (Å²) in [5.41, 5.74) is 0. The van der Waals surface area contributed by atoms with Crippen molar-refractivity contribution in [2.24, 2.45) is 0 Å². The van der Waals surface area contributed by atoms with Crippen molar-refractivity contribution in [3.8, 4) is 0 Å². The first-order valence-electron chi connectivity index (χ1n) is 6.91. The smallest absolute Gasteiger partial charge is 0.0644 e. The molecule has 0 amide bonds. The standard InChI is InChI=1S/C14H29O2P/c1-4-11-15-12-9-7-8-10-14-17(13-5-2)16-6-3/h4H,1,5-14H2,2-3H3. The van der Waals surface area contributed by atoms with E-state index in [2.05, 4.69) is 20.4 Å². The van der Waals surface area contributed by atoms with Gasteiger partial charge in [0.15, 0.2) is 0 Å². The van der Waals surface area contributed by atoms with Crippen molar-refractivity contribution >= 4 is 8.15 Å². The molecular weight excluding hydrogens is 231 g/mol. The average molecular weight is 260 g/mol. The zero-order chi connectivity index (χ0) is 12.8. The molecule has 0 saturated carbocycles. The number of unbranched alkanes of at least 4 members (excludes halogenated alkanes) is 3. The zero-order valence-corrected chi connectivity index (χ0v) is 12.5. The van der Waals surface area contributed by atoms with Crippen LogP contribution in [0.5, 0.6) is 0 Å². The highest BCUT2D eigenvalue weighted by Crippen LogP contribution is 2.38. The van der Waals surface area contributed by atoms with Crippen LogP contribution in [0, 0.1) is 0 Å². The van der Waals surface area contributed by atoms with E-state index in [9.17, 15) is 0 Å². The van der Waals surface area contributed by atoms with Crippen molar-refractivity contribution in [2.75, 3.05) is 32.1 Å². The molecule has 0 aromatic carbocycles. The molecule has 102 valence electrons. The van der Waals surface area contributed by atoms with Gasteiger partial charge in [-0.2, -0.15) is 0 Å². The van der Waals surface area contributed by atoms with Crippen molar-refractivity contribution in [2.45, 2.75) is 46.0 Å². The van der Waals surface area contributed by atoms with Gasteiger partial charge in [-0.25, -0.2) is 0 Å². The number of hydrogen-bond donors (Lipinski definition) is 0. The molecule has 0 saturated heterocycles. The second kappa shape index (κ2) is 14.2. The van der Waals surface area contributed by atoms with Crippen LogP contribution < -0.4 is 0 Å². The van der Waals surface area contributed by atoms with E-state index in [0.717, 1.165) is 13.2 Å². The summed E-state index contributed by atoms with van der Waals surface area (Å²) < 4.78 is 11.1. The first-order chi connectivity index (χ1) is 8.35. The molecular formula is C14H29O2P. The molecule has 0 N–H and O–H groups in total. The van der Waals surface area contributed by atoms with Crippen LogP contribution in [0.4, 0.5) is 0 Å². The van der Waals surface area contributed by atoms with E-state index < -0.39 is 0 Å². The minimum absolute atomic E-state index is 0.136. The lowest BCUT2D eigenvalue weighted by molar-refractivity contribution is 0.157. The summed E-state index contributed by atoms with van der Waals surface area (Å²) in [7, 11) is -0.136. The molecule has 0 spiro atoms. The summed E-state index contributed by atoms with van der Waals surface area (Å²) in [5.74, 6) is 0. The van der Waals surface area contributed by atoms with Gasteiger partial charge in [0.25, 0.3) is 0 Å². The van der Waals surface area contributed by atoms with Crippen molar-refractivity contribution in [3.05, 3.63) is 12.7 Å². The lowest BCUT2D eigenvalue weighted by atomic mass is 10.2. The predicted octanol–water partition coefficient (Wildman–Crippen LogP) is 4.59. The summed E-state index contributed by atoms with van der Waals surface area (Å²) in [6, 6.07) is 0. The fourth-order valence-electron chi connectivity index (χ4n) is 1.69. The molecule has 17 heavy (non-hydrogen) atoms. The van der Waals surface area contributed by atoms with Crippen LogP contribution in [0.3, 0.4) is 0 Å². The Balaban J connectivity index is 3.26. The summed E-state index contributed by atoms with van der Waals surface area (Å²) in [6.45, 7) is 10.4. The van der Waals surface area contributed by atoms with Gasteiger partial charge in [-0.05, 0) is 32.1 Å². The first-order valence-corrected chi connectivity index (χ1v) is 8.54. The summed E-state index contributed by atoms with van der Waals surface area (Å²) in [5, 5.41) is 0. The Kier molecular flexibility index (Phi) is 14.2. The Morgan fingerprint density at radius 1 is 1.06 bits per heavy atom. The molecule has 2 nitrogen and oxygen atoms in total. The average Bonchev–Trinajstić information content (AvgIpc) is 2.33. The van der Waals surface area contributed by atoms with Crippen molar-refractivity contribution < 1.29 is 9.26 Å². The van der Waals surface area contributed by atoms with Gasteiger partial charge < -0.3 is 9.26 Å². The van der Waals surface area contributed by atoms with Gasteiger partial charge in [-0.15, -0.1) is 6.58 Å². The summed E-state index contributed by atoms with van der Waals surface area (Å²) in [6.07, 6.45) is 10.7. The Bertz CT molecular complexity index is 156. The van der Waals surface area contributed by atoms with Gasteiger partial charge in [0, 0.05) is 21.4 Å². The molecule has 0 aliphatic carbocycles. The Morgan fingerprint density at radius 3 is 2.47 bits per heavy atom. The molecule has 0 aliphatic rings. The van der Waals surface area contributed by atoms with E-state index in [1.165, 1.54) is 44.4 Å². The third-order valence-electron chi connectivity index (χ3n) is 2.47. The molecule has 0 aromatic rings. The van der Waals surface area contributed by atoms with Gasteiger partial charge in [-0.3, -0.25) is 0 Å². The SMILES string of the molecule is C=CCOCCCCCCP(CCC)OCC. The van der Waals surface area contributed by atoms with E-state index in [0.29, 0.717) is 6.61 Å². The molecule has 0 aromatic heterocycles. The van der Waals surface area contributed by atoms with Crippen molar-refractivity contribution in [3.63, 3.8) is 0 Å². The van der Waals surface area contributed by atoms with Crippen molar-refractivity contribution in [1.82, 2.24) is 0 Å². The highest BCUT2D eigenvalue weighted by Gasteiger charge is 2.06. The highest BCUT2D eigenvalue weighted by atomic mass is 31.1. The van der Waals surface area contributed by atoms with Crippen LogP contribution in [-0.2, 0) is 9.26 Å². The van der Waals surface area contributed by atoms with Gasteiger partial charge >= 0.3 is 0 Å². The number of ether oxygens (including phenoxy) is 1. The maximum absolute atomic E-state index is 5.77. The van der Waals surface area contributed by atoms with E-state index >= 15 is 0 Å². The molecule has 1 unspecified atom stereocenters. The van der Waals surface area contributed by atoms with Crippen LogP contribution >= 0.6 is 8.15 Å². The molecule has 3 heteroatoms. The maximum atomic E-state index is 5.77. The van der Waals surface area contributed by atoms with Gasteiger partial charge in [-0.1, -0.05) is 32.3 Å². The monoisotopic (exact) mass is 260 g/mol. The van der Waals surface area contributed by atoms with Crippen LogP contribution in [0.15, 0.2) is 12.7 Å². The van der Waals surface area contributed by atoms with Gasteiger partial charge in [0.2, 0.25) is 0 Å². The van der Waals surface area contributed by atoms with Gasteiger partial charge in [0.05, 0.1) is 6.61 Å². The van der Waals surface area contributed by atoms with Gasteiger partial charge in [0.1, 0.15) is 0 Å². The molecule has 0 aliphatic heterocycles. The van der Waals surface area contributed by atoms with Crippen LogP contribution in [0.1, 0.15) is 46.0 Å². The fraction of sp³-hybridized carbons (Fsp3) is 0.857.